The van der Waals surface area contributed by atoms with E-state index in [2.05, 4.69) is 0 Å². The van der Waals surface area contributed by atoms with Crippen molar-refractivity contribution in [2.75, 3.05) is 7.11 Å². The molecule has 3 rings (SSSR count). The van der Waals surface area contributed by atoms with Crippen LogP contribution in [0.5, 0.6) is 5.75 Å². The molecule has 2 aromatic carbocycles. The SMILES string of the molecule is COc1ccc(CN2C(=O)C(O)=C(c3ccc(Cl)cc3)C2=O)cc1. The lowest BCUT2D eigenvalue weighted by molar-refractivity contribution is -0.138. The molecule has 5 nitrogen and oxygen atoms in total. The van der Waals surface area contributed by atoms with Crippen molar-refractivity contribution in [1.29, 1.82) is 0 Å². The summed E-state index contributed by atoms with van der Waals surface area (Å²) in [6.07, 6.45) is 0. The summed E-state index contributed by atoms with van der Waals surface area (Å²) >= 11 is 5.83. The predicted molar refractivity (Wildman–Crippen MR) is 89.6 cm³/mol. The molecule has 0 bridgehead atoms. The fraction of sp³-hybridized carbons (Fsp3) is 0.111. The molecule has 0 saturated heterocycles. The second-order valence-corrected chi connectivity index (χ2v) is 5.71. The number of nitrogens with zero attached hydrogens (tertiary/aromatic N) is 1. The highest BCUT2D eigenvalue weighted by atomic mass is 35.5. The third-order valence-corrected chi connectivity index (χ3v) is 4.03. The van der Waals surface area contributed by atoms with Crippen molar-refractivity contribution in [1.82, 2.24) is 4.90 Å². The second-order valence-electron chi connectivity index (χ2n) is 5.28. The van der Waals surface area contributed by atoms with Gasteiger partial charge in [-0.25, -0.2) is 0 Å². The van der Waals surface area contributed by atoms with Gasteiger partial charge in [0.05, 0.1) is 19.2 Å². The smallest absolute Gasteiger partial charge is 0.296 e. The Hall–Kier alpha value is -2.79. The van der Waals surface area contributed by atoms with Gasteiger partial charge in [-0.1, -0.05) is 35.9 Å². The standard InChI is InChI=1S/C18H14ClNO4/c1-24-14-8-2-11(3-9-14)10-20-17(22)15(16(21)18(20)23)12-4-6-13(19)7-5-12/h2-9,21H,10H2,1H3. The van der Waals surface area contributed by atoms with Crippen LogP contribution in [0.4, 0.5) is 0 Å². The molecule has 1 aliphatic heterocycles. The van der Waals surface area contributed by atoms with Crippen LogP contribution in [0.1, 0.15) is 11.1 Å². The maximum absolute atomic E-state index is 12.6. The van der Waals surface area contributed by atoms with Crippen LogP contribution in [0.15, 0.2) is 54.3 Å². The highest BCUT2D eigenvalue weighted by Gasteiger charge is 2.39. The van der Waals surface area contributed by atoms with Gasteiger partial charge in [0.25, 0.3) is 11.8 Å². The van der Waals surface area contributed by atoms with Crippen molar-refractivity contribution in [3.05, 3.63) is 70.4 Å². The van der Waals surface area contributed by atoms with Crippen LogP contribution >= 0.6 is 11.6 Å². The van der Waals surface area contributed by atoms with Gasteiger partial charge in [-0.15, -0.1) is 0 Å². The highest BCUT2D eigenvalue weighted by molar-refractivity contribution is 6.35. The number of halogens is 1. The van der Waals surface area contributed by atoms with Crippen LogP contribution in [0.3, 0.4) is 0 Å². The molecule has 0 saturated carbocycles. The number of rotatable bonds is 4. The Bertz CT molecular complexity index is 825. The zero-order valence-electron chi connectivity index (χ0n) is 12.8. The lowest BCUT2D eigenvalue weighted by Crippen LogP contribution is -2.31. The van der Waals surface area contributed by atoms with Gasteiger partial charge in [0.1, 0.15) is 5.75 Å². The lowest BCUT2D eigenvalue weighted by atomic mass is 10.1. The fourth-order valence-corrected chi connectivity index (χ4v) is 2.62. The maximum atomic E-state index is 12.6. The Balaban J connectivity index is 1.86. The summed E-state index contributed by atoms with van der Waals surface area (Å²) in [5.41, 5.74) is 1.19. The first-order valence-electron chi connectivity index (χ1n) is 7.19. The van der Waals surface area contributed by atoms with E-state index in [0.29, 0.717) is 16.3 Å². The van der Waals surface area contributed by atoms with Gasteiger partial charge in [-0.05, 0) is 35.4 Å². The van der Waals surface area contributed by atoms with E-state index >= 15 is 0 Å². The summed E-state index contributed by atoms with van der Waals surface area (Å²) in [5.74, 6) is -1.10. The number of hydrogen-bond acceptors (Lipinski definition) is 4. The third-order valence-electron chi connectivity index (χ3n) is 3.78. The molecule has 0 radical (unpaired) electrons. The monoisotopic (exact) mass is 343 g/mol. The van der Waals surface area contributed by atoms with E-state index in [0.717, 1.165) is 10.5 Å². The average Bonchev–Trinajstić information content (AvgIpc) is 2.80. The molecular weight excluding hydrogens is 330 g/mol. The Kier molecular flexibility index (Phi) is 4.27. The number of ether oxygens (including phenoxy) is 1. The van der Waals surface area contributed by atoms with Crippen molar-refractivity contribution in [2.24, 2.45) is 0 Å². The molecule has 1 N–H and O–H groups in total. The number of carbonyl (C=O) groups is 2. The molecular formula is C18H14ClNO4. The van der Waals surface area contributed by atoms with E-state index in [1.165, 1.54) is 0 Å². The number of aliphatic hydroxyl groups is 1. The maximum Gasteiger partial charge on any atom is 0.296 e. The van der Waals surface area contributed by atoms with Gasteiger partial charge in [-0.2, -0.15) is 0 Å². The Morgan fingerprint density at radius 3 is 2.21 bits per heavy atom. The Morgan fingerprint density at radius 1 is 1.00 bits per heavy atom. The summed E-state index contributed by atoms with van der Waals surface area (Å²) < 4.78 is 5.08. The Labute approximate surface area is 143 Å². The number of methoxy groups -OCH3 is 1. The van der Waals surface area contributed by atoms with E-state index in [9.17, 15) is 14.7 Å². The zero-order valence-corrected chi connectivity index (χ0v) is 13.6. The van der Waals surface area contributed by atoms with Crippen LogP contribution in [0.2, 0.25) is 5.02 Å². The van der Waals surface area contributed by atoms with Crippen LogP contribution in [0, 0.1) is 0 Å². The largest absolute Gasteiger partial charge is 0.502 e. The molecule has 0 unspecified atom stereocenters. The van der Waals surface area contributed by atoms with Crippen molar-refractivity contribution in [2.45, 2.75) is 6.54 Å². The van der Waals surface area contributed by atoms with E-state index in [-0.39, 0.29) is 12.1 Å². The van der Waals surface area contributed by atoms with Gasteiger partial charge in [-0.3, -0.25) is 14.5 Å². The van der Waals surface area contributed by atoms with Gasteiger partial charge in [0.15, 0.2) is 5.76 Å². The van der Waals surface area contributed by atoms with E-state index < -0.39 is 17.6 Å². The van der Waals surface area contributed by atoms with Gasteiger partial charge < -0.3 is 9.84 Å². The quantitative estimate of drug-likeness (QED) is 0.866. The van der Waals surface area contributed by atoms with Crippen LogP contribution in [-0.2, 0) is 16.1 Å². The number of imide groups is 1. The van der Waals surface area contributed by atoms with Gasteiger partial charge in [0.2, 0.25) is 0 Å². The summed E-state index contributed by atoms with van der Waals surface area (Å²) in [7, 11) is 1.56. The van der Waals surface area contributed by atoms with Crippen molar-refractivity contribution in [3.8, 4) is 5.75 Å². The minimum absolute atomic E-state index is 0.00909. The number of aliphatic hydroxyl groups excluding tert-OH is 1. The minimum Gasteiger partial charge on any atom is -0.502 e. The average molecular weight is 344 g/mol. The molecule has 0 fully saturated rings. The van der Waals surface area contributed by atoms with Crippen molar-refractivity contribution < 1.29 is 19.4 Å². The number of carbonyl (C=O) groups excluding carboxylic acids is 2. The molecule has 0 atom stereocenters. The first-order chi connectivity index (χ1) is 11.5. The molecule has 0 aromatic heterocycles. The lowest BCUT2D eigenvalue weighted by Gasteiger charge is -2.14. The molecule has 24 heavy (non-hydrogen) atoms. The van der Waals surface area contributed by atoms with Gasteiger partial charge in [0, 0.05) is 5.02 Å². The van der Waals surface area contributed by atoms with Crippen LogP contribution in [-0.4, -0.2) is 28.9 Å². The first kappa shape index (κ1) is 16.1. The van der Waals surface area contributed by atoms with Gasteiger partial charge >= 0.3 is 0 Å². The van der Waals surface area contributed by atoms with E-state index in [1.54, 1.807) is 55.6 Å². The number of benzene rings is 2. The van der Waals surface area contributed by atoms with Crippen LogP contribution in [0.25, 0.3) is 5.57 Å². The normalized spacial score (nSPS) is 14.5. The molecule has 2 aromatic rings. The van der Waals surface area contributed by atoms with Crippen molar-refractivity contribution >= 4 is 29.0 Å². The summed E-state index contributed by atoms with van der Waals surface area (Å²) in [6.45, 7) is 0.0722. The first-order valence-corrected chi connectivity index (χ1v) is 7.57. The van der Waals surface area contributed by atoms with E-state index in [1.807, 2.05) is 0 Å². The molecule has 6 heteroatoms. The molecule has 122 valence electrons. The van der Waals surface area contributed by atoms with Crippen molar-refractivity contribution in [3.63, 3.8) is 0 Å². The topological polar surface area (TPSA) is 66.8 Å². The second kappa shape index (κ2) is 6.37. The zero-order chi connectivity index (χ0) is 17.3. The van der Waals surface area contributed by atoms with Crippen LogP contribution < -0.4 is 4.74 Å². The third kappa shape index (κ3) is 2.86. The molecule has 0 spiro atoms. The van der Waals surface area contributed by atoms with E-state index in [4.69, 9.17) is 16.3 Å². The minimum atomic E-state index is -0.708. The Morgan fingerprint density at radius 2 is 1.62 bits per heavy atom. The molecule has 2 amide bonds. The fourth-order valence-electron chi connectivity index (χ4n) is 2.50. The molecule has 1 aliphatic rings. The summed E-state index contributed by atoms with van der Waals surface area (Å²) in [6, 6.07) is 13.4. The number of amides is 2. The number of hydrogen-bond donors (Lipinski definition) is 1. The molecule has 0 aliphatic carbocycles. The predicted octanol–water partition coefficient (Wildman–Crippen LogP) is 3.19. The highest BCUT2D eigenvalue weighted by Crippen LogP contribution is 2.30. The summed E-state index contributed by atoms with van der Waals surface area (Å²) in [5, 5.41) is 10.6. The molecule has 1 heterocycles. The summed E-state index contributed by atoms with van der Waals surface area (Å²) in [4.78, 5) is 25.8.